The van der Waals surface area contributed by atoms with E-state index in [2.05, 4.69) is 30.4 Å². The van der Waals surface area contributed by atoms with Gasteiger partial charge >= 0.3 is 0 Å². The monoisotopic (exact) mass is 323 g/mol. The summed E-state index contributed by atoms with van der Waals surface area (Å²) in [7, 11) is 1.69. The molecule has 1 N–H and O–H groups in total. The number of methoxy groups -OCH3 is 1. The summed E-state index contributed by atoms with van der Waals surface area (Å²) in [6, 6.07) is 10.3. The van der Waals surface area contributed by atoms with Crippen molar-refractivity contribution in [1.82, 2.24) is 5.32 Å². The van der Waals surface area contributed by atoms with Crippen LogP contribution in [-0.2, 0) is 6.42 Å². The first-order valence-electron chi connectivity index (χ1n) is 8.55. The molecule has 0 saturated heterocycles. The molecule has 0 aromatic heterocycles. The summed E-state index contributed by atoms with van der Waals surface area (Å²) in [5.74, 6) is 0.898. The molecule has 1 aliphatic rings. The normalized spacial score (nSPS) is 16.4. The molecule has 0 fully saturated rings. The first kappa shape index (κ1) is 16.6. The Kier molecular flexibility index (Phi) is 4.61. The van der Waals surface area contributed by atoms with Crippen LogP contribution in [0.5, 0.6) is 5.75 Å². The molecule has 126 valence electrons. The van der Waals surface area contributed by atoms with E-state index in [0.717, 1.165) is 41.7 Å². The first-order chi connectivity index (χ1) is 11.5. The minimum Gasteiger partial charge on any atom is -0.497 e. The average molecular weight is 323 g/mol. The highest BCUT2D eigenvalue weighted by Crippen LogP contribution is 2.32. The molecule has 0 saturated carbocycles. The van der Waals surface area contributed by atoms with Crippen LogP contribution in [0, 0.1) is 20.8 Å². The molecule has 3 rings (SSSR count). The number of carbonyl (C=O) groups is 1. The maximum absolute atomic E-state index is 12.8. The van der Waals surface area contributed by atoms with Crippen LogP contribution in [0.25, 0.3) is 0 Å². The molecule has 1 amide bonds. The van der Waals surface area contributed by atoms with E-state index in [1.807, 2.05) is 26.0 Å². The second kappa shape index (κ2) is 6.68. The number of amides is 1. The fourth-order valence-electron chi connectivity index (χ4n) is 3.51. The lowest BCUT2D eigenvalue weighted by atomic mass is 9.87. The van der Waals surface area contributed by atoms with Gasteiger partial charge in [0.2, 0.25) is 0 Å². The van der Waals surface area contributed by atoms with E-state index in [4.69, 9.17) is 4.74 Å². The highest BCUT2D eigenvalue weighted by molar-refractivity contribution is 5.96. The molecule has 0 heterocycles. The molecule has 1 aliphatic carbocycles. The molecule has 0 aliphatic heterocycles. The minimum atomic E-state index is 0.0178. The third kappa shape index (κ3) is 3.16. The second-order valence-electron chi connectivity index (χ2n) is 6.73. The van der Waals surface area contributed by atoms with Gasteiger partial charge in [0.15, 0.2) is 0 Å². The quantitative estimate of drug-likeness (QED) is 0.907. The van der Waals surface area contributed by atoms with Crippen molar-refractivity contribution in [1.29, 1.82) is 0 Å². The zero-order valence-electron chi connectivity index (χ0n) is 14.9. The maximum atomic E-state index is 12.8. The van der Waals surface area contributed by atoms with Gasteiger partial charge in [0.1, 0.15) is 5.75 Å². The molecular weight excluding hydrogens is 298 g/mol. The largest absolute Gasteiger partial charge is 0.497 e. The third-order valence-electron chi connectivity index (χ3n) is 5.06. The van der Waals surface area contributed by atoms with E-state index in [9.17, 15) is 4.79 Å². The lowest BCUT2D eigenvalue weighted by Crippen LogP contribution is -2.31. The van der Waals surface area contributed by atoms with Gasteiger partial charge in [0.05, 0.1) is 13.2 Å². The van der Waals surface area contributed by atoms with Crippen LogP contribution >= 0.6 is 0 Å². The molecule has 1 atom stereocenters. The highest BCUT2D eigenvalue weighted by atomic mass is 16.5. The second-order valence-corrected chi connectivity index (χ2v) is 6.73. The molecule has 3 nitrogen and oxygen atoms in total. The number of fused-ring (bicyclic) bond motifs is 1. The summed E-state index contributed by atoms with van der Waals surface area (Å²) in [5.41, 5.74) is 6.68. The maximum Gasteiger partial charge on any atom is 0.252 e. The number of nitrogens with one attached hydrogen (secondary N) is 1. The van der Waals surface area contributed by atoms with Crippen molar-refractivity contribution in [2.45, 2.75) is 46.1 Å². The van der Waals surface area contributed by atoms with Crippen molar-refractivity contribution in [3.8, 4) is 5.75 Å². The van der Waals surface area contributed by atoms with E-state index in [1.54, 1.807) is 7.11 Å². The molecule has 2 aromatic rings. The van der Waals surface area contributed by atoms with Crippen LogP contribution in [0.2, 0.25) is 0 Å². The van der Waals surface area contributed by atoms with Crippen LogP contribution in [0.15, 0.2) is 30.3 Å². The first-order valence-corrected chi connectivity index (χ1v) is 8.55. The number of hydrogen-bond donors (Lipinski definition) is 1. The van der Waals surface area contributed by atoms with Gasteiger partial charge in [-0.25, -0.2) is 0 Å². The van der Waals surface area contributed by atoms with Gasteiger partial charge in [-0.15, -0.1) is 0 Å². The van der Waals surface area contributed by atoms with Gasteiger partial charge < -0.3 is 10.1 Å². The molecule has 3 heteroatoms. The van der Waals surface area contributed by atoms with Crippen LogP contribution in [0.4, 0.5) is 0 Å². The van der Waals surface area contributed by atoms with Gasteiger partial charge in [0, 0.05) is 5.56 Å². The van der Waals surface area contributed by atoms with E-state index in [0.29, 0.717) is 0 Å². The number of carbonyl (C=O) groups excluding carboxylic acids is 1. The molecule has 0 unspecified atom stereocenters. The molecule has 24 heavy (non-hydrogen) atoms. The summed E-state index contributed by atoms with van der Waals surface area (Å²) in [4.78, 5) is 12.8. The fraction of sp³-hybridized carbons (Fsp3) is 0.381. The topological polar surface area (TPSA) is 38.3 Å². The Bertz CT molecular complexity index is 780. The molecule has 0 bridgehead atoms. The Morgan fingerprint density at radius 2 is 1.83 bits per heavy atom. The van der Waals surface area contributed by atoms with Gasteiger partial charge in [-0.3, -0.25) is 4.79 Å². The lowest BCUT2D eigenvalue weighted by Gasteiger charge is -2.27. The number of benzene rings is 2. The predicted octanol–water partition coefficient (Wildman–Crippen LogP) is 4.43. The molecule has 2 aromatic carbocycles. The Labute approximate surface area is 144 Å². The standard InChI is InChI=1S/C21H25NO2/c1-13-10-15(3)19(11-14(13)2)21(23)22-20-7-5-6-16-12-17(24-4)8-9-18(16)20/h8-12,20H,5-7H2,1-4H3,(H,22,23)/t20-/m0/s1. The van der Waals surface area contributed by atoms with Crippen molar-refractivity contribution >= 4 is 5.91 Å². The Morgan fingerprint density at radius 1 is 1.08 bits per heavy atom. The van der Waals surface area contributed by atoms with Gasteiger partial charge in [-0.05, 0) is 86.1 Å². The van der Waals surface area contributed by atoms with Crippen molar-refractivity contribution < 1.29 is 9.53 Å². The van der Waals surface area contributed by atoms with E-state index >= 15 is 0 Å². The average Bonchev–Trinajstić information content (AvgIpc) is 2.57. The molecular formula is C21H25NO2. The SMILES string of the molecule is COc1ccc2c(c1)CCC[C@@H]2NC(=O)c1cc(C)c(C)cc1C. The van der Waals surface area contributed by atoms with Crippen LogP contribution in [-0.4, -0.2) is 13.0 Å². The summed E-state index contributed by atoms with van der Waals surface area (Å²) >= 11 is 0. The number of hydrogen-bond acceptors (Lipinski definition) is 2. The van der Waals surface area contributed by atoms with Crippen LogP contribution < -0.4 is 10.1 Å². The minimum absolute atomic E-state index is 0.0178. The zero-order valence-corrected chi connectivity index (χ0v) is 14.9. The summed E-state index contributed by atoms with van der Waals surface area (Å²) < 4.78 is 5.32. The van der Waals surface area contributed by atoms with Gasteiger partial charge in [-0.2, -0.15) is 0 Å². The third-order valence-corrected chi connectivity index (χ3v) is 5.06. The Hall–Kier alpha value is -2.29. The molecule has 0 radical (unpaired) electrons. The van der Waals surface area contributed by atoms with E-state index < -0.39 is 0 Å². The summed E-state index contributed by atoms with van der Waals surface area (Å²) in [6.45, 7) is 6.13. The number of rotatable bonds is 3. The Morgan fingerprint density at radius 3 is 2.58 bits per heavy atom. The van der Waals surface area contributed by atoms with Crippen molar-refractivity contribution in [3.63, 3.8) is 0 Å². The van der Waals surface area contributed by atoms with Gasteiger partial charge in [0.25, 0.3) is 5.91 Å². The Balaban J connectivity index is 1.85. The smallest absolute Gasteiger partial charge is 0.252 e. The van der Waals surface area contributed by atoms with Crippen molar-refractivity contribution in [2.24, 2.45) is 0 Å². The van der Waals surface area contributed by atoms with Gasteiger partial charge in [-0.1, -0.05) is 12.1 Å². The lowest BCUT2D eigenvalue weighted by molar-refractivity contribution is 0.0932. The van der Waals surface area contributed by atoms with Crippen LogP contribution in [0.1, 0.15) is 57.1 Å². The van der Waals surface area contributed by atoms with Crippen LogP contribution in [0.3, 0.4) is 0 Å². The highest BCUT2D eigenvalue weighted by Gasteiger charge is 2.23. The summed E-state index contributed by atoms with van der Waals surface area (Å²) in [5, 5.41) is 3.24. The van der Waals surface area contributed by atoms with Crippen molar-refractivity contribution in [3.05, 3.63) is 63.7 Å². The van der Waals surface area contributed by atoms with Crippen molar-refractivity contribution in [2.75, 3.05) is 7.11 Å². The summed E-state index contributed by atoms with van der Waals surface area (Å²) in [6.07, 6.45) is 3.10. The molecule has 0 spiro atoms. The predicted molar refractivity (Wildman–Crippen MR) is 96.8 cm³/mol. The van der Waals surface area contributed by atoms with E-state index in [-0.39, 0.29) is 11.9 Å². The fourth-order valence-corrected chi connectivity index (χ4v) is 3.51. The number of aryl methyl sites for hydroxylation is 4. The zero-order chi connectivity index (χ0) is 17.3. The van der Waals surface area contributed by atoms with E-state index in [1.165, 1.54) is 16.7 Å². The number of ether oxygens (including phenoxy) is 1.